The quantitative estimate of drug-likeness (QED) is 0.496. The van der Waals surface area contributed by atoms with Crippen molar-refractivity contribution < 1.29 is 14.6 Å². The zero-order chi connectivity index (χ0) is 13.5. The lowest BCUT2D eigenvalue weighted by atomic mass is 10.2. The van der Waals surface area contributed by atoms with Gasteiger partial charge in [0.1, 0.15) is 0 Å². The predicted octanol–water partition coefficient (Wildman–Crippen LogP) is 3.65. The number of carboxylic acids is 1. The van der Waals surface area contributed by atoms with Crippen LogP contribution < -0.4 is 0 Å². The van der Waals surface area contributed by atoms with E-state index >= 15 is 0 Å². The minimum Gasteiger partial charge on any atom is -0.478 e. The highest BCUT2D eigenvalue weighted by molar-refractivity contribution is 7.99. The summed E-state index contributed by atoms with van der Waals surface area (Å²) in [6, 6.07) is 16.8. The summed E-state index contributed by atoms with van der Waals surface area (Å²) < 4.78 is 5.55. The molecule has 0 unspecified atom stereocenters. The average Bonchev–Trinajstić information content (AvgIpc) is 2.45. The van der Waals surface area contributed by atoms with E-state index in [4.69, 9.17) is 9.84 Å². The summed E-state index contributed by atoms with van der Waals surface area (Å²) in [6.07, 6.45) is 0. The van der Waals surface area contributed by atoms with Crippen molar-refractivity contribution in [1.82, 2.24) is 0 Å². The van der Waals surface area contributed by atoms with Gasteiger partial charge >= 0.3 is 5.97 Å². The molecule has 1 N–H and O–H groups in total. The number of hydrogen-bond acceptors (Lipinski definition) is 3. The molecule has 0 saturated carbocycles. The molecule has 98 valence electrons. The molecule has 4 heteroatoms. The maximum atomic E-state index is 10.7. The number of rotatable bonds is 6. The van der Waals surface area contributed by atoms with Crippen LogP contribution in [0.15, 0.2) is 59.5 Å². The van der Waals surface area contributed by atoms with E-state index in [0.29, 0.717) is 18.1 Å². The molecule has 0 aliphatic carbocycles. The van der Waals surface area contributed by atoms with Crippen LogP contribution in [0.1, 0.15) is 15.9 Å². The average molecular weight is 274 g/mol. The van der Waals surface area contributed by atoms with Gasteiger partial charge in [0.15, 0.2) is 0 Å². The Kier molecular flexibility index (Phi) is 5.01. The third-order valence-electron chi connectivity index (χ3n) is 2.52. The largest absolute Gasteiger partial charge is 0.478 e. The Bertz CT molecular complexity index is 523. The fourth-order valence-electron chi connectivity index (χ4n) is 1.54. The molecule has 0 fully saturated rings. The summed E-state index contributed by atoms with van der Waals surface area (Å²) in [5.41, 5.74) is 1.44. The molecule has 0 spiro atoms. The normalized spacial score (nSPS) is 10.3. The predicted molar refractivity (Wildman–Crippen MR) is 75.4 cm³/mol. The second-order valence-corrected chi connectivity index (χ2v) is 4.92. The minimum atomic E-state index is -0.906. The van der Waals surface area contributed by atoms with Crippen LogP contribution in [0, 0.1) is 0 Å². The van der Waals surface area contributed by atoms with Crippen LogP contribution >= 0.6 is 11.8 Å². The van der Waals surface area contributed by atoms with Crippen LogP contribution in [-0.2, 0) is 11.3 Å². The molecule has 0 bridgehead atoms. The molecule has 2 aromatic rings. The smallest absolute Gasteiger partial charge is 0.335 e. The van der Waals surface area contributed by atoms with E-state index < -0.39 is 5.97 Å². The van der Waals surface area contributed by atoms with Crippen molar-refractivity contribution in [2.45, 2.75) is 11.5 Å². The minimum absolute atomic E-state index is 0.301. The maximum Gasteiger partial charge on any atom is 0.335 e. The summed E-state index contributed by atoms with van der Waals surface area (Å²) in [6.45, 7) is 0.584. The summed E-state index contributed by atoms with van der Waals surface area (Å²) in [5.74, 6) is -0.363. The lowest BCUT2D eigenvalue weighted by molar-refractivity contribution is 0.0697. The number of carboxylic acid groups (broad SMARTS) is 1. The Labute approximate surface area is 116 Å². The third kappa shape index (κ3) is 4.43. The maximum absolute atomic E-state index is 10.7. The molecule has 0 atom stereocenters. The van der Waals surface area contributed by atoms with Crippen molar-refractivity contribution in [3.05, 3.63) is 65.7 Å². The van der Waals surface area contributed by atoms with Crippen molar-refractivity contribution in [2.24, 2.45) is 0 Å². The fourth-order valence-corrected chi connectivity index (χ4v) is 2.17. The lowest BCUT2D eigenvalue weighted by Gasteiger charge is -2.04. The van der Waals surface area contributed by atoms with Gasteiger partial charge in [-0.05, 0) is 29.8 Å². The van der Waals surface area contributed by atoms with E-state index in [-0.39, 0.29) is 0 Å². The van der Waals surface area contributed by atoms with Gasteiger partial charge in [-0.25, -0.2) is 4.79 Å². The van der Waals surface area contributed by atoms with Gasteiger partial charge in [0.05, 0.1) is 18.1 Å². The van der Waals surface area contributed by atoms with Crippen LogP contribution in [0.3, 0.4) is 0 Å². The van der Waals surface area contributed by atoms with Crippen molar-refractivity contribution in [3.8, 4) is 0 Å². The molecule has 2 aromatic carbocycles. The Balaban J connectivity index is 1.75. The first kappa shape index (κ1) is 13.6. The molecule has 3 nitrogen and oxygen atoms in total. The van der Waals surface area contributed by atoms with E-state index in [9.17, 15) is 4.79 Å². The topological polar surface area (TPSA) is 46.5 Å². The van der Waals surface area contributed by atoms with Gasteiger partial charge in [0, 0.05) is 4.90 Å². The van der Waals surface area contributed by atoms with Gasteiger partial charge < -0.3 is 9.84 Å². The van der Waals surface area contributed by atoms with Crippen molar-refractivity contribution in [1.29, 1.82) is 0 Å². The summed E-state index contributed by atoms with van der Waals surface area (Å²) in [4.78, 5) is 11.7. The standard InChI is InChI=1S/C15H14O3S/c16-15(17)13-6-8-14(9-7-13)19-11-18-10-12-4-2-1-3-5-12/h1-9H,10-11H2,(H,16,17). The molecule has 0 radical (unpaired) electrons. The number of aromatic carboxylic acids is 1. The highest BCUT2D eigenvalue weighted by Gasteiger charge is 2.01. The van der Waals surface area contributed by atoms with Gasteiger partial charge in [-0.2, -0.15) is 0 Å². The zero-order valence-corrected chi connectivity index (χ0v) is 11.1. The Morgan fingerprint density at radius 2 is 1.74 bits per heavy atom. The van der Waals surface area contributed by atoms with Crippen LogP contribution in [0.25, 0.3) is 0 Å². The Hall–Kier alpha value is -1.78. The van der Waals surface area contributed by atoms with E-state index in [1.54, 1.807) is 36.0 Å². The van der Waals surface area contributed by atoms with Crippen LogP contribution in [0.5, 0.6) is 0 Å². The van der Waals surface area contributed by atoms with Gasteiger partial charge in [-0.1, -0.05) is 42.1 Å². The monoisotopic (exact) mass is 274 g/mol. The summed E-state index contributed by atoms with van der Waals surface area (Å²) in [5, 5.41) is 8.78. The first-order valence-corrected chi connectivity index (χ1v) is 6.82. The second kappa shape index (κ2) is 6.97. The van der Waals surface area contributed by atoms with Gasteiger partial charge in [0.2, 0.25) is 0 Å². The number of hydrogen-bond donors (Lipinski definition) is 1. The Morgan fingerprint density at radius 3 is 2.37 bits per heavy atom. The van der Waals surface area contributed by atoms with Gasteiger partial charge in [0.25, 0.3) is 0 Å². The van der Waals surface area contributed by atoms with Crippen LogP contribution in [0.2, 0.25) is 0 Å². The Morgan fingerprint density at radius 1 is 1.05 bits per heavy atom. The fraction of sp³-hybridized carbons (Fsp3) is 0.133. The van der Waals surface area contributed by atoms with Gasteiger partial charge in [-0.3, -0.25) is 0 Å². The molecule has 0 amide bonds. The molecular weight excluding hydrogens is 260 g/mol. The zero-order valence-electron chi connectivity index (χ0n) is 10.3. The number of thioether (sulfide) groups is 1. The number of ether oxygens (including phenoxy) is 1. The highest BCUT2D eigenvalue weighted by Crippen LogP contribution is 2.19. The first-order valence-electron chi connectivity index (χ1n) is 5.83. The van der Waals surface area contributed by atoms with Crippen molar-refractivity contribution in [2.75, 3.05) is 5.94 Å². The molecule has 19 heavy (non-hydrogen) atoms. The third-order valence-corrected chi connectivity index (χ3v) is 3.41. The van der Waals surface area contributed by atoms with E-state index in [1.165, 1.54) is 0 Å². The molecule has 0 aliphatic rings. The molecule has 0 heterocycles. The van der Waals surface area contributed by atoms with E-state index in [0.717, 1.165) is 10.5 Å². The lowest BCUT2D eigenvalue weighted by Crippen LogP contribution is -1.95. The van der Waals surface area contributed by atoms with Gasteiger partial charge in [-0.15, -0.1) is 0 Å². The van der Waals surface area contributed by atoms with E-state index in [2.05, 4.69) is 0 Å². The SMILES string of the molecule is O=C(O)c1ccc(SCOCc2ccccc2)cc1. The highest BCUT2D eigenvalue weighted by atomic mass is 32.2. The summed E-state index contributed by atoms with van der Waals surface area (Å²) in [7, 11) is 0. The second-order valence-electron chi connectivity index (χ2n) is 3.93. The summed E-state index contributed by atoms with van der Waals surface area (Å²) >= 11 is 1.54. The molecule has 0 aromatic heterocycles. The van der Waals surface area contributed by atoms with Crippen LogP contribution in [0.4, 0.5) is 0 Å². The molecular formula is C15H14O3S. The van der Waals surface area contributed by atoms with Crippen molar-refractivity contribution in [3.63, 3.8) is 0 Å². The first-order chi connectivity index (χ1) is 9.25. The molecule has 0 saturated heterocycles. The molecule has 0 aliphatic heterocycles. The number of carbonyl (C=O) groups is 1. The van der Waals surface area contributed by atoms with Crippen LogP contribution in [-0.4, -0.2) is 17.0 Å². The molecule has 2 rings (SSSR count). The van der Waals surface area contributed by atoms with E-state index in [1.807, 2.05) is 30.3 Å². The van der Waals surface area contributed by atoms with Crippen molar-refractivity contribution >= 4 is 17.7 Å². The number of benzene rings is 2.